The van der Waals surface area contributed by atoms with Crippen molar-refractivity contribution in [2.75, 3.05) is 27.9 Å². The second-order valence-electron chi connectivity index (χ2n) is 11.0. The van der Waals surface area contributed by atoms with Crippen LogP contribution < -0.4 is 33.8 Å². The van der Waals surface area contributed by atoms with Crippen LogP contribution >= 0.6 is 49.9 Å². The Kier molecular flexibility index (Phi) is 11.1. The van der Waals surface area contributed by atoms with Crippen LogP contribution in [0, 0.1) is 3.57 Å². The summed E-state index contributed by atoms with van der Waals surface area (Å²) in [6, 6.07) is 25.6. The van der Waals surface area contributed by atoms with Gasteiger partial charge in [0.05, 0.1) is 53.4 Å². The van der Waals surface area contributed by atoms with Crippen molar-refractivity contribution >= 4 is 67.6 Å². The number of esters is 1. The second kappa shape index (κ2) is 15.7. The standard InChI is InChI=1S/C38H32BrIN2O7S/c1-5-48-37(44)32-33(24-9-7-6-8-10-24)41-38-42(34(32)25-13-16-28(45-2)29(20-25)46-3)36(43)31(50-38)19-23-17-27(40)35(30(18-23)47-4)49-21-22-11-14-26(39)15-12-22/h6-20,34H,5,21H2,1-4H3/b31-19-/t34-/m0/s1. The van der Waals surface area contributed by atoms with Crippen LogP contribution in [-0.2, 0) is 16.1 Å². The minimum atomic E-state index is -0.869. The fourth-order valence-corrected chi connectivity index (χ4v) is 7.68. The van der Waals surface area contributed by atoms with Gasteiger partial charge in [-0.1, -0.05) is 75.8 Å². The van der Waals surface area contributed by atoms with E-state index >= 15 is 0 Å². The van der Waals surface area contributed by atoms with Crippen LogP contribution in [-0.4, -0.2) is 38.5 Å². The summed E-state index contributed by atoms with van der Waals surface area (Å²) in [4.78, 5) is 33.6. The summed E-state index contributed by atoms with van der Waals surface area (Å²) in [5.41, 5.74) is 3.46. The van der Waals surface area contributed by atoms with Gasteiger partial charge in [0, 0.05) is 10.0 Å². The number of carbonyl (C=O) groups is 1. The highest BCUT2D eigenvalue weighted by Crippen LogP contribution is 2.39. The molecular formula is C38H32BrIN2O7S. The molecule has 6 rings (SSSR count). The molecule has 1 aliphatic rings. The van der Waals surface area contributed by atoms with Crippen LogP contribution in [0.3, 0.4) is 0 Å². The number of ether oxygens (including phenoxy) is 5. The number of methoxy groups -OCH3 is 3. The zero-order valence-corrected chi connectivity index (χ0v) is 32.1. The van der Waals surface area contributed by atoms with Crippen molar-refractivity contribution in [3.05, 3.63) is 140 Å². The monoisotopic (exact) mass is 866 g/mol. The molecule has 0 bridgehead atoms. The lowest BCUT2D eigenvalue weighted by molar-refractivity contribution is -0.138. The van der Waals surface area contributed by atoms with Crippen molar-refractivity contribution in [3.8, 4) is 23.0 Å². The third kappa shape index (κ3) is 7.23. The Labute approximate surface area is 314 Å². The molecule has 0 saturated carbocycles. The fourth-order valence-electron chi connectivity index (χ4n) is 5.63. The minimum Gasteiger partial charge on any atom is -0.493 e. The van der Waals surface area contributed by atoms with E-state index in [1.165, 1.54) is 18.4 Å². The molecule has 2 heterocycles. The van der Waals surface area contributed by atoms with E-state index in [4.69, 9.17) is 28.7 Å². The Morgan fingerprint density at radius 3 is 2.34 bits per heavy atom. The topological polar surface area (TPSA) is 97.6 Å². The van der Waals surface area contributed by atoms with Crippen molar-refractivity contribution in [2.24, 2.45) is 4.99 Å². The van der Waals surface area contributed by atoms with Gasteiger partial charge in [-0.2, -0.15) is 0 Å². The van der Waals surface area contributed by atoms with Gasteiger partial charge in [-0.05, 0) is 88.7 Å². The lowest BCUT2D eigenvalue weighted by atomic mass is 9.93. The molecule has 0 spiro atoms. The van der Waals surface area contributed by atoms with Gasteiger partial charge in [-0.3, -0.25) is 9.36 Å². The van der Waals surface area contributed by atoms with E-state index in [1.54, 1.807) is 43.9 Å². The molecule has 0 unspecified atom stereocenters. The molecule has 4 aromatic carbocycles. The number of halogens is 2. The van der Waals surface area contributed by atoms with Crippen LogP contribution in [0.25, 0.3) is 11.8 Å². The molecule has 5 aromatic rings. The number of benzene rings is 4. The third-order valence-corrected chi connectivity index (χ3v) is 10.3. The van der Waals surface area contributed by atoms with Crippen molar-refractivity contribution in [1.29, 1.82) is 0 Å². The predicted molar refractivity (Wildman–Crippen MR) is 205 cm³/mol. The summed E-state index contributed by atoms with van der Waals surface area (Å²) in [7, 11) is 4.67. The van der Waals surface area contributed by atoms with Crippen LogP contribution in [0.4, 0.5) is 0 Å². The van der Waals surface area contributed by atoms with Crippen LogP contribution in [0.1, 0.15) is 35.2 Å². The number of thiazole rings is 1. The smallest absolute Gasteiger partial charge is 0.338 e. The van der Waals surface area contributed by atoms with Gasteiger partial charge >= 0.3 is 5.97 Å². The Balaban J connectivity index is 1.51. The maximum atomic E-state index is 14.4. The molecule has 1 aliphatic heterocycles. The lowest BCUT2D eigenvalue weighted by Gasteiger charge is -2.26. The van der Waals surface area contributed by atoms with E-state index in [-0.39, 0.29) is 17.7 Å². The van der Waals surface area contributed by atoms with Gasteiger partial charge in [-0.15, -0.1) is 0 Å². The molecule has 0 amide bonds. The molecule has 0 fully saturated rings. The molecule has 0 saturated heterocycles. The van der Waals surface area contributed by atoms with E-state index in [2.05, 4.69) is 38.5 Å². The van der Waals surface area contributed by atoms with Gasteiger partial charge in [0.1, 0.15) is 6.61 Å². The molecule has 50 heavy (non-hydrogen) atoms. The van der Waals surface area contributed by atoms with Crippen molar-refractivity contribution in [2.45, 2.75) is 19.6 Å². The number of nitrogens with zero attached hydrogens (tertiary/aromatic N) is 2. The number of aromatic nitrogens is 1. The number of hydrogen-bond acceptors (Lipinski definition) is 9. The zero-order chi connectivity index (χ0) is 35.4. The SMILES string of the molecule is CCOC(=O)C1=C(c2ccccc2)N=c2s/c(=C\c3cc(I)c(OCc4ccc(Br)cc4)c(OC)c3)c(=O)n2[C@H]1c1ccc(OC)c(OC)c1. The first-order chi connectivity index (χ1) is 24.3. The molecule has 0 radical (unpaired) electrons. The van der Waals surface area contributed by atoms with E-state index in [0.717, 1.165) is 24.7 Å². The van der Waals surface area contributed by atoms with Gasteiger partial charge < -0.3 is 23.7 Å². The average molecular weight is 868 g/mol. The van der Waals surface area contributed by atoms with Gasteiger partial charge in [0.25, 0.3) is 5.56 Å². The molecule has 1 atom stereocenters. The van der Waals surface area contributed by atoms with Gasteiger partial charge in [0.2, 0.25) is 0 Å². The van der Waals surface area contributed by atoms with Crippen molar-refractivity contribution < 1.29 is 28.5 Å². The maximum Gasteiger partial charge on any atom is 0.338 e. The summed E-state index contributed by atoms with van der Waals surface area (Å²) in [5.74, 6) is 1.54. The number of rotatable bonds is 11. The van der Waals surface area contributed by atoms with Gasteiger partial charge in [-0.25, -0.2) is 9.79 Å². The third-order valence-electron chi connectivity index (χ3n) is 7.94. The van der Waals surface area contributed by atoms with E-state index in [0.29, 0.717) is 50.2 Å². The Morgan fingerprint density at radius 1 is 0.940 bits per heavy atom. The molecule has 1 aromatic heterocycles. The number of carbonyl (C=O) groups excluding carboxylic acids is 1. The molecule has 256 valence electrons. The van der Waals surface area contributed by atoms with E-state index in [9.17, 15) is 9.59 Å². The highest BCUT2D eigenvalue weighted by molar-refractivity contribution is 14.1. The summed E-state index contributed by atoms with van der Waals surface area (Å²) in [5, 5.41) is 0. The van der Waals surface area contributed by atoms with Crippen LogP contribution in [0.5, 0.6) is 23.0 Å². The average Bonchev–Trinajstić information content (AvgIpc) is 3.44. The first kappa shape index (κ1) is 35.4. The Bertz CT molecular complexity index is 2270. The highest BCUT2D eigenvalue weighted by atomic mass is 127. The zero-order valence-electron chi connectivity index (χ0n) is 27.6. The summed E-state index contributed by atoms with van der Waals surface area (Å²) in [6.45, 7) is 2.26. The highest BCUT2D eigenvalue weighted by Gasteiger charge is 2.35. The van der Waals surface area contributed by atoms with Gasteiger partial charge in [0.15, 0.2) is 27.8 Å². The molecule has 0 aliphatic carbocycles. The molecular weight excluding hydrogens is 835 g/mol. The van der Waals surface area contributed by atoms with E-state index in [1.807, 2.05) is 72.8 Å². The quantitative estimate of drug-likeness (QED) is 0.105. The largest absolute Gasteiger partial charge is 0.493 e. The Hall–Kier alpha value is -4.40. The summed E-state index contributed by atoms with van der Waals surface area (Å²) < 4.78 is 32.4. The molecule has 12 heteroatoms. The van der Waals surface area contributed by atoms with Crippen molar-refractivity contribution in [3.63, 3.8) is 0 Å². The maximum absolute atomic E-state index is 14.4. The second-order valence-corrected chi connectivity index (χ2v) is 14.1. The predicted octanol–water partition coefficient (Wildman–Crippen LogP) is 6.91. The number of fused-ring (bicyclic) bond motifs is 1. The normalized spacial score (nSPS) is 14.1. The summed E-state index contributed by atoms with van der Waals surface area (Å²) in [6.07, 6.45) is 1.80. The fraction of sp³-hybridized carbons (Fsp3) is 0.184. The van der Waals surface area contributed by atoms with Crippen molar-refractivity contribution in [1.82, 2.24) is 4.57 Å². The first-order valence-corrected chi connectivity index (χ1v) is 18.2. The molecule has 0 N–H and O–H groups in total. The minimum absolute atomic E-state index is 0.150. The van der Waals surface area contributed by atoms with Crippen LogP contribution in [0.15, 0.2) is 105 Å². The first-order valence-electron chi connectivity index (χ1n) is 15.5. The lowest BCUT2D eigenvalue weighted by Crippen LogP contribution is -2.40. The molecule has 9 nitrogen and oxygen atoms in total. The van der Waals surface area contributed by atoms with Crippen LogP contribution in [0.2, 0.25) is 0 Å². The number of hydrogen-bond donors (Lipinski definition) is 0. The van der Waals surface area contributed by atoms with E-state index < -0.39 is 12.0 Å². The Morgan fingerprint density at radius 2 is 1.66 bits per heavy atom. The summed E-state index contributed by atoms with van der Waals surface area (Å²) >= 11 is 6.91.